The molecule has 0 aliphatic heterocycles. The molecule has 1 aromatic rings. The van der Waals surface area contributed by atoms with Crippen LogP contribution in [0.4, 0.5) is 0 Å². The van der Waals surface area contributed by atoms with Crippen LogP contribution in [0.2, 0.25) is 0 Å². The third-order valence-corrected chi connectivity index (χ3v) is 2.82. The van der Waals surface area contributed by atoms with Crippen LogP contribution >= 0.6 is 0 Å². The highest BCUT2D eigenvalue weighted by Gasteiger charge is 2.09. The van der Waals surface area contributed by atoms with Gasteiger partial charge in [-0.1, -0.05) is 13.3 Å². The van der Waals surface area contributed by atoms with Crippen molar-refractivity contribution in [1.29, 1.82) is 0 Å². The molecule has 2 N–H and O–H groups in total. The monoisotopic (exact) mass is 236 g/mol. The number of hydrogen-bond donors (Lipinski definition) is 2. The number of carbonyl (C=O) groups excluding carboxylic acids is 1. The molecular weight excluding hydrogens is 216 g/mol. The van der Waals surface area contributed by atoms with E-state index < -0.39 is 0 Å². The van der Waals surface area contributed by atoms with Gasteiger partial charge in [-0.3, -0.25) is 9.78 Å². The summed E-state index contributed by atoms with van der Waals surface area (Å²) in [6.45, 7) is 4.69. The van der Waals surface area contributed by atoms with Crippen LogP contribution < -0.4 is 5.32 Å². The maximum Gasteiger partial charge on any atom is 0.251 e. The van der Waals surface area contributed by atoms with E-state index in [9.17, 15) is 4.79 Å². The zero-order chi connectivity index (χ0) is 12.7. The van der Waals surface area contributed by atoms with E-state index in [0.29, 0.717) is 18.0 Å². The average molecular weight is 236 g/mol. The Hall–Kier alpha value is -1.42. The summed E-state index contributed by atoms with van der Waals surface area (Å²) in [5.74, 6) is 0.263. The van der Waals surface area contributed by atoms with E-state index in [-0.39, 0.29) is 12.5 Å². The van der Waals surface area contributed by atoms with Crippen molar-refractivity contribution >= 4 is 5.91 Å². The lowest BCUT2D eigenvalue weighted by Crippen LogP contribution is -2.29. The number of pyridine rings is 1. The normalized spacial score (nSPS) is 12.2. The Morgan fingerprint density at radius 2 is 2.35 bits per heavy atom. The number of aromatic nitrogens is 1. The van der Waals surface area contributed by atoms with Crippen LogP contribution in [0.25, 0.3) is 0 Å². The van der Waals surface area contributed by atoms with Crippen LogP contribution in [-0.2, 0) is 0 Å². The van der Waals surface area contributed by atoms with E-state index in [0.717, 1.165) is 18.5 Å². The maximum atomic E-state index is 11.8. The number of hydrogen-bond acceptors (Lipinski definition) is 3. The van der Waals surface area contributed by atoms with Gasteiger partial charge in [0.2, 0.25) is 0 Å². The van der Waals surface area contributed by atoms with Crippen LogP contribution in [0.3, 0.4) is 0 Å². The molecule has 0 aliphatic rings. The number of nitrogens with zero attached hydrogens (tertiary/aromatic N) is 1. The largest absolute Gasteiger partial charge is 0.396 e. The van der Waals surface area contributed by atoms with Crippen molar-refractivity contribution in [3.8, 4) is 0 Å². The molecule has 1 atom stereocenters. The SMILES string of the molecule is CCC(CCO)CNC(=O)c1ccnc(C)c1. The molecule has 0 fully saturated rings. The van der Waals surface area contributed by atoms with Gasteiger partial charge in [0.25, 0.3) is 5.91 Å². The van der Waals surface area contributed by atoms with Gasteiger partial charge in [0.1, 0.15) is 0 Å². The van der Waals surface area contributed by atoms with Gasteiger partial charge in [-0.15, -0.1) is 0 Å². The number of aliphatic hydroxyl groups is 1. The number of nitrogens with one attached hydrogen (secondary N) is 1. The first kappa shape index (κ1) is 13.6. The lowest BCUT2D eigenvalue weighted by molar-refractivity contribution is 0.0943. The number of carbonyl (C=O) groups is 1. The molecule has 17 heavy (non-hydrogen) atoms. The second-order valence-corrected chi connectivity index (χ2v) is 4.18. The van der Waals surface area contributed by atoms with Crippen molar-refractivity contribution in [2.75, 3.05) is 13.2 Å². The Bertz CT molecular complexity index is 366. The summed E-state index contributed by atoms with van der Waals surface area (Å²) in [5.41, 5.74) is 1.47. The lowest BCUT2D eigenvalue weighted by atomic mass is 10.0. The van der Waals surface area contributed by atoms with Crippen LogP contribution in [0.1, 0.15) is 35.8 Å². The summed E-state index contributed by atoms with van der Waals surface area (Å²) in [4.78, 5) is 15.9. The van der Waals surface area contributed by atoms with Gasteiger partial charge in [0, 0.05) is 30.6 Å². The van der Waals surface area contributed by atoms with Gasteiger partial charge in [-0.2, -0.15) is 0 Å². The minimum atomic E-state index is -0.0770. The van der Waals surface area contributed by atoms with Crippen LogP contribution in [0.5, 0.6) is 0 Å². The standard InChI is InChI=1S/C13H20N2O2/c1-3-11(5-7-16)9-15-13(17)12-4-6-14-10(2)8-12/h4,6,8,11,16H,3,5,7,9H2,1-2H3,(H,15,17). The molecule has 0 spiro atoms. The number of aryl methyl sites for hydroxylation is 1. The zero-order valence-electron chi connectivity index (χ0n) is 10.4. The second kappa shape index (κ2) is 7.01. The molecule has 0 radical (unpaired) electrons. The molecule has 1 heterocycles. The van der Waals surface area contributed by atoms with Gasteiger partial charge in [0.15, 0.2) is 0 Å². The van der Waals surface area contributed by atoms with E-state index in [1.54, 1.807) is 18.3 Å². The summed E-state index contributed by atoms with van der Waals surface area (Å²) in [5, 5.41) is 11.7. The molecule has 94 valence electrons. The third-order valence-electron chi connectivity index (χ3n) is 2.82. The van der Waals surface area contributed by atoms with Crippen LogP contribution in [0, 0.1) is 12.8 Å². The Kier molecular flexibility index (Phi) is 5.63. The molecule has 0 aromatic carbocycles. The molecule has 1 rings (SSSR count). The van der Waals surface area contributed by atoms with E-state index in [1.807, 2.05) is 6.92 Å². The minimum absolute atomic E-state index is 0.0770. The van der Waals surface area contributed by atoms with Gasteiger partial charge >= 0.3 is 0 Å². The summed E-state index contributed by atoms with van der Waals surface area (Å²) < 4.78 is 0. The predicted octanol–water partition coefficient (Wildman–Crippen LogP) is 1.53. The fraction of sp³-hybridized carbons (Fsp3) is 0.538. The Morgan fingerprint density at radius 3 is 2.94 bits per heavy atom. The topological polar surface area (TPSA) is 62.2 Å². The van der Waals surface area contributed by atoms with Gasteiger partial charge < -0.3 is 10.4 Å². The van der Waals surface area contributed by atoms with Crippen LogP contribution in [0.15, 0.2) is 18.3 Å². The third kappa shape index (κ3) is 4.53. The van der Waals surface area contributed by atoms with Crippen LogP contribution in [-0.4, -0.2) is 29.1 Å². The highest BCUT2D eigenvalue weighted by Crippen LogP contribution is 2.06. The average Bonchev–Trinajstić information content (AvgIpc) is 2.34. The van der Waals surface area contributed by atoms with Crippen molar-refractivity contribution in [3.05, 3.63) is 29.6 Å². The molecule has 1 amide bonds. The summed E-state index contributed by atoms with van der Waals surface area (Å²) in [6.07, 6.45) is 3.32. The molecule has 0 bridgehead atoms. The Morgan fingerprint density at radius 1 is 1.59 bits per heavy atom. The van der Waals surface area contributed by atoms with Crippen molar-refractivity contribution in [2.24, 2.45) is 5.92 Å². The summed E-state index contributed by atoms with van der Waals surface area (Å²) in [7, 11) is 0. The smallest absolute Gasteiger partial charge is 0.251 e. The molecule has 4 nitrogen and oxygen atoms in total. The summed E-state index contributed by atoms with van der Waals surface area (Å²) >= 11 is 0. The van der Waals surface area contributed by atoms with Crippen molar-refractivity contribution in [1.82, 2.24) is 10.3 Å². The van der Waals surface area contributed by atoms with E-state index >= 15 is 0 Å². The molecule has 0 saturated heterocycles. The highest BCUT2D eigenvalue weighted by molar-refractivity contribution is 5.94. The van der Waals surface area contributed by atoms with Gasteiger partial charge in [-0.25, -0.2) is 0 Å². The van der Waals surface area contributed by atoms with Gasteiger partial charge in [0.05, 0.1) is 0 Å². The zero-order valence-corrected chi connectivity index (χ0v) is 10.4. The first-order chi connectivity index (χ1) is 8.17. The lowest BCUT2D eigenvalue weighted by Gasteiger charge is -2.14. The highest BCUT2D eigenvalue weighted by atomic mass is 16.3. The van der Waals surface area contributed by atoms with E-state index in [2.05, 4.69) is 17.2 Å². The Balaban J connectivity index is 2.49. The maximum absolute atomic E-state index is 11.8. The van der Waals surface area contributed by atoms with Crippen molar-refractivity contribution < 1.29 is 9.90 Å². The molecular formula is C13H20N2O2. The van der Waals surface area contributed by atoms with E-state index in [4.69, 9.17) is 5.11 Å². The Labute approximate surface area is 102 Å². The molecule has 1 aromatic heterocycles. The quantitative estimate of drug-likeness (QED) is 0.787. The minimum Gasteiger partial charge on any atom is -0.396 e. The predicted molar refractivity (Wildman–Crippen MR) is 66.8 cm³/mol. The van der Waals surface area contributed by atoms with E-state index in [1.165, 1.54) is 0 Å². The molecule has 4 heteroatoms. The molecule has 0 aliphatic carbocycles. The van der Waals surface area contributed by atoms with Crippen molar-refractivity contribution in [3.63, 3.8) is 0 Å². The molecule has 1 unspecified atom stereocenters. The number of aliphatic hydroxyl groups excluding tert-OH is 1. The first-order valence-electron chi connectivity index (χ1n) is 5.99. The van der Waals surface area contributed by atoms with Crippen molar-refractivity contribution in [2.45, 2.75) is 26.7 Å². The summed E-state index contributed by atoms with van der Waals surface area (Å²) in [6, 6.07) is 3.47. The fourth-order valence-corrected chi connectivity index (χ4v) is 1.66. The molecule has 0 saturated carbocycles. The number of rotatable bonds is 6. The fourth-order valence-electron chi connectivity index (χ4n) is 1.66. The first-order valence-corrected chi connectivity index (χ1v) is 5.99. The van der Waals surface area contributed by atoms with Gasteiger partial charge in [-0.05, 0) is 31.4 Å². The second-order valence-electron chi connectivity index (χ2n) is 4.18. The number of amides is 1.